The van der Waals surface area contributed by atoms with E-state index in [-0.39, 0.29) is 5.54 Å². The molecule has 0 aromatic heterocycles. The molecule has 20 heavy (non-hydrogen) atoms. The Balaban J connectivity index is 2.18. The van der Waals surface area contributed by atoms with Gasteiger partial charge in [-0.05, 0) is 106 Å². The van der Waals surface area contributed by atoms with Crippen LogP contribution in [-0.4, -0.2) is 11.7 Å². The Morgan fingerprint density at radius 3 is 2.50 bits per heavy atom. The van der Waals surface area contributed by atoms with E-state index in [1.165, 1.54) is 23.8 Å². The van der Waals surface area contributed by atoms with Crippen molar-refractivity contribution in [3.63, 3.8) is 0 Å². The van der Waals surface area contributed by atoms with Gasteiger partial charge in [0, 0.05) is 13.7 Å². The molecule has 1 aliphatic rings. The molecule has 0 bridgehead atoms. The van der Waals surface area contributed by atoms with Gasteiger partial charge in [0.05, 0.1) is 5.54 Å². The van der Waals surface area contributed by atoms with Crippen LogP contribution in [0.5, 0.6) is 5.75 Å². The van der Waals surface area contributed by atoms with Crippen molar-refractivity contribution in [2.45, 2.75) is 18.9 Å². The summed E-state index contributed by atoms with van der Waals surface area (Å²) >= 11 is 4.73. The number of phenolic OH excluding ortho intramolecular Hbond substituents is 1. The minimum atomic E-state index is -0.192. The van der Waals surface area contributed by atoms with Crippen LogP contribution in [0.15, 0.2) is 36.4 Å². The van der Waals surface area contributed by atoms with E-state index in [1.807, 2.05) is 12.1 Å². The Kier molecular flexibility index (Phi) is 3.98. The van der Waals surface area contributed by atoms with Crippen molar-refractivity contribution in [1.29, 1.82) is 0 Å². The van der Waals surface area contributed by atoms with Crippen LogP contribution in [0.2, 0.25) is 0 Å². The molecule has 104 valence electrons. The van der Waals surface area contributed by atoms with E-state index < -0.39 is 0 Å². The average molecular weight is 491 g/mol. The molecule has 2 N–H and O–H groups in total. The molecule has 4 heteroatoms. The molecule has 0 radical (unpaired) electrons. The van der Waals surface area contributed by atoms with Gasteiger partial charge in [0.2, 0.25) is 0 Å². The number of nitrogens with one attached hydrogen (secondary N) is 1. The Labute approximate surface area is 146 Å². The van der Waals surface area contributed by atoms with E-state index in [9.17, 15) is 5.11 Å². The first-order valence-electron chi connectivity index (χ1n) is 6.53. The number of rotatable bonds is 1. The Bertz CT molecular complexity index is 651. The SMILES string of the molecule is CC1(c2cc(I)cc(I)c2)NCCc2cc(O)ccc21. The third-order valence-corrected chi connectivity index (χ3v) is 5.19. The van der Waals surface area contributed by atoms with E-state index in [2.05, 4.69) is 75.6 Å². The molecular weight excluding hydrogens is 476 g/mol. The summed E-state index contributed by atoms with van der Waals surface area (Å²) in [5, 5.41) is 13.3. The minimum absolute atomic E-state index is 0.192. The van der Waals surface area contributed by atoms with E-state index in [4.69, 9.17) is 0 Å². The molecule has 2 aromatic rings. The number of fused-ring (bicyclic) bond motifs is 1. The highest BCUT2D eigenvalue weighted by Gasteiger charge is 2.33. The predicted octanol–water partition coefficient (Wildman–Crippen LogP) is 4.01. The van der Waals surface area contributed by atoms with Crippen LogP contribution in [0.1, 0.15) is 23.6 Å². The van der Waals surface area contributed by atoms with Crippen LogP contribution >= 0.6 is 45.2 Å². The largest absolute Gasteiger partial charge is 0.508 e. The van der Waals surface area contributed by atoms with Gasteiger partial charge in [-0.25, -0.2) is 0 Å². The summed E-state index contributed by atoms with van der Waals surface area (Å²) in [7, 11) is 0. The van der Waals surface area contributed by atoms with Crippen LogP contribution in [0, 0.1) is 7.14 Å². The van der Waals surface area contributed by atoms with Crippen molar-refractivity contribution in [3.8, 4) is 5.75 Å². The van der Waals surface area contributed by atoms with Crippen LogP contribution in [0.3, 0.4) is 0 Å². The lowest BCUT2D eigenvalue weighted by Gasteiger charge is -2.38. The molecule has 0 saturated carbocycles. The smallest absolute Gasteiger partial charge is 0.115 e. The molecule has 2 aromatic carbocycles. The Morgan fingerprint density at radius 2 is 1.80 bits per heavy atom. The van der Waals surface area contributed by atoms with Gasteiger partial charge in [-0.1, -0.05) is 6.07 Å². The molecule has 0 spiro atoms. The van der Waals surface area contributed by atoms with Gasteiger partial charge in [-0.15, -0.1) is 0 Å². The van der Waals surface area contributed by atoms with E-state index in [0.29, 0.717) is 5.75 Å². The lowest BCUT2D eigenvalue weighted by molar-refractivity contribution is 0.411. The van der Waals surface area contributed by atoms with Crippen molar-refractivity contribution < 1.29 is 5.11 Å². The number of phenols is 1. The van der Waals surface area contributed by atoms with Crippen LogP contribution in [-0.2, 0) is 12.0 Å². The van der Waals surface area contributed by atoms with E-state index in [0.717, 1.165) is 13.0 Å². The summed E-state index contributed by atoms with van der Waals surface area (Å²) in [4.78, 5) is 0. The minimum Gasteiger partial charge on any atom is -0.508 e. The standard InChI is InChI=1S/C16H15I2NO/c1-16(11-7-12(17)9-13(18)8-11)15-3-2-14(20)6-10(15)4-5-19-16/h2-3,6-9,19-20H,4-5H2,1H3. The lowest BCUT2D eigenvalue weighted by Crippen LogP contribution is -2.45. The van der Waals surface area contributed by atoms with Crippen LogP contribution in [0.25, 0.3) is 0 Å². The molecule has 1 aliphatic heterocycles. The summed E-state index contributed by atoms with van der Waals surface area (Å²) in [6.45, 7) is 3.15. The van der Waals surface area contributed by atoms with Gasteiger partial charge in [-0.2, -0.15) is 0 Å². The van der Waals surface area contributed by atoms with Crippen LogP contribution in [0.4, 0.5) is 0 Å². The molecular formula is C16H15I2NO. The molecule has 0 amide bonds. The highest BCUT2D eigenvalue weighted by Crippen LogP contribution is 2.37. The second-order valence-electron chi connectivity index (χ2n) is 5.30. The lowest BCUT2D eigenvalue weighted by atomic mass is 9.79. The molecule has 0 saturated heterocycles. The third-order valence-electron chi connectivity index (χ3n) is 3.94. The van der Waals surface area contributed by atoms with Gasteiger partial charge < -0.3 is 10.4 Å². The zero-order valence-electron chi connectivity index (χ0n) is 11.1. The Hall–Kier alpha value is -0.340. The Morgan fingerprint density at radius 1 is 1.10 bits per heavy atom. The summed E-state index contributed by atoms with van der Waals surface area (Å²) < 4.78 is 2.50. The van der Waals surface area contributed by atoms with Gasteiger partial charge in [0.15, 0.2) is 0 Å². The maximum absolute atomic E-state index is 9.69. The molecule has 2 nitrogen and oxygen atoms in total. The topological polar surface area (TPSA) is 32.3 Å². The molecule has 0 aliphatic carbocycles. The fourth-order valence-corrected chi connectivity index (χ4v) is 4.86. The monoisotopic (exact) mass is 491 g/mol. The van der Waals surface area contributed by atoms with E-state index >= 15 is 0 Å². The average Bonchev–Trinajstić information content (AvgIpc) is 2.37. The fraction of sp³-hybridized carbons (Fsp3) is 0.250. The fourth-order valence-electron chi connectivity index (χ4n) is 2.92. The zero-order chi connectivity index (χ0) is 14.3. The zero-order valence-corrected chi connectivity index (χ0v) is 15.4. The maximum Gasteiger partial charge on any atom is 0.115 e. The number of aromatic hydroxyl groups is 1. The molecule has 3 rings (SSSR count). The third kappa shape index (κ3) is 2.57. The number of halogens is 2. The second-order valence-corrected chi connectivity index (χ2v) is 7.79. The van der Waals surface area contributed by atoms with E-state index in [1.54, 1.807) is 6.07 Å². The maximum atomic E-state index is 9.69. The highest BCUT2D eigenvalue weighted by atomic mass is 127. The molecule has 1 atom stereocenters. The van der Waals surface area contributed by atoms with Crippen molar-refractivity contribution in [1.82, 2.24) is 5.32 Å². The predicted molar refractivity (Wildman–Crippen MR) is 98.1 cm³/mol. The van der Waals surface area contributed by atoms with Gasteiger partial charge in [-0.3, -0.25) is 0 Å². The second kappa shape index (κ2) is 5.46. The van der Waals surface area contributed by atoms with Gasteiger partial charge in [0.25, 0.3) is 0 Å². The number of hydrogen-bond donors (Lipinski definition) is 2. The number of benzene rings is 2. The highest BCUT2D eigenvalue weighted by molar-refractivity contribution is 14.1. The normalized spacial score (nSPS) is 21.6. The summed E-state index contributed by atoms with van der Waals surface area (Å²) in [6, 6.07) is 12.4. The first-order chi connectivity index (χ1) is 9.49. The van der Waals surface area contributed by atoms with Crippen molar-refractivity contribution in [2.24, 2.45) is 0 Å². The quantitative estimate of drug-likeness (QED) is 0.592. The van der Waals surface area contributed by atoms with Gasteiger partial charge >= 0.3 is 0 Å². The first-order valence-corrected chi connectivity index (χ1v) is 8.69. The first kappa shape index (κ1) is 14.6. The molecule has 1 unspecified atom stereocenters. The van der Waals surface area contributed by atoms with Crippen molar-refractivity contribution in [3.05, 3.63) is 60.2 Å². The summed E-state index contributed by atoms with van der Waals surface area (Å²) in [5.74, 6) is 0.352. The van der Waals surface area contributed by atoms with Crippen LogP contribution < -0.4 is 5.32 Å². The summed E-state index contributed by atoms with van der Waals surface area (Å²) in [5.41, 5.74) is 3.59. The molecule has 1 heterocycles. The van der Waals surface area contributed by atoms with Crippen molar-refractivity contribution >= 4 is 45.2 Å². The van der Waals surface area contributed by atoms with Gasteiger partial charge in [0.1, 0.15) is 5.75 Å². The number of hydrogen-bond acceptors (Lipinski definition) is 2. The summed E-state index contributed by atoms with van der Waals surface area (Å²) in [6.07, 6.45) is 0.959. The molecule has 0 fully saturated rings. The van der Waals surface area contributed by atoms with Crippen molar-refractivity contribution in [2.75, 3.05) is 6.54 Å².